The first-order chi connectivity index (χ1) is 18.5. The first-order valence-electron chi connectivity index (χ1n) is 11.7. The Bertz CT molecular complexity index is 1450. The zero-order chi connectivity index (χ0) is 29.6. The van der Waals surface area contributed by atoms with Crippen molar-refractivity contribution in [3.05, 3.63) is 89.8 Å². The molecule has 3 aromatic rings. The summed E-state index contributed by atoms with van der Waals surface area (Å²) < 4.78 is 133. The fourth-order valence-corrected chi connectivity index (χ4v) is 7.30. The van der Waals surface area contributed by atoms with Gasteiger partial charge in [0.05, 0.1) is 4.90 Å². The van der Waals surface area contributed by atoms with Crippen molar-refractivity contribution in [2.45, 2.75) is 53.3 Å². The summed E-state index contributed by atoms with van der Waals surface area (Å²) in [6.45, 7) is 0. The maximum Gasteiger partial charge on any atom is 0.435 e. The highest BCUT2D eigenvalue weighted by Crippen LogP contribution is 2.57. The van der Waals surface area contributed by atoms with Gasteiger partial charge in [0.2, 0.25) is 0 Å². The maximum absolute atomic E-state index is 14.5. The second-order valence-electron chi connectivity index (χ2n) is 9.62. The standard InChI is InChI=1S/C26H20F8N2O3S/c27-20-5-7-22(8-6-20)40(38,39)23(11-16(12-23)9-21(37)10-17-13-35-15-36-14-17)18-1-3-19(4-2-18)24(28,25(29,30)31)26(32,33)34/h1-8,13-16H,9-12H2. The predicted octanol–water partition coefficient (Wildman–Crippen LogP) is 6.19. The normalized spacial score (nSPS) is 20.1. The predicted molar refractivity (Wildman–Crippen MR) is 125 cm³/mol. The number of ketones is 1. The van der Waals surface area contributed by atoms with Gasteiger partial charge < -0.3 is 0 Å². The Morgan fingerprint density at radius 1 is 0.850 bits per heavy atom. The monoisotopic (exact) mass is 592 g/mol. The molecule has 40 heavy (non-hydrogen) atoms. The van der Waals surface area contributed by atoms with E-state index in [1.54, 1.807) is 0 Å². The average molecular weight is 593 g/mol. The number of rotatable bonds is 8. The third kappa shape index (κ3) is 5.08. The molecule has 0 saturated heterocycles. The number of carbonyl (C=O) groups is 1. The van der Waals surface area contributed by atoms with Gasteiger partial charge >= 0.3 is 18.0 Å². The van der Waals surface area contributed by atoms with Crippen LogP contribution in [0.2, 0.25) is 0 Å². The van der Waals surface area contributed by atoms with Crippen LogP contribution in [0.15, 0.2) is 72.1 Å². The third-order valence-corrected chi connectivity index (χ3v) is 9.49. The van der Waals surface area contributed by atoms with Crippen molar-refractivity contribution >= 4 is 15.6 Å². The highest BCUT2D eigenvalue weighted by atomic mass is 32.2. The number of nitrogens with zero attached hydrogens (tertiary/aromatic N) is 2. The van der Waals surface area contributed by atoms with Crippen LogP contribution in [0.25, 0.3) is 0 Å². The van der Waals surface area contributed by atoms with Gasteiger partial charge in [-0.1, -0.05) is 24.3 Å². The minimum absolute atomic E-state index is 0.0305. The van der Waals surface area contributed by atoms with Crippen LogP contribution in [-0.4, -0.2) is 36.5 Å². The number of hydrogen-bond acceptors (Lipinski definition) is 5. The van der Waals surface area contributed by atoms with Crippen molar-refractivity contribution in [2.24, 2.45) is 5.92 Å². The fourth-order valence-electron chi connectivity index (χ4n) is 5.00. The molecule has 214 valence electrons. The molecule has 0 radical (unpaired) electrons. The van der Waals surface area contributed by atoms with E-state index in [-0.39, 0.29) is 54.1 Å². The SMILES string of the molecule is O=C(Cc1cncnc1)CC1CC(c2ccc(C(F)(C(F)(F)F)C(F)(F)F)cc2)(S(=O)(=O)c2ccc(F)cc2)C1. The van der Waals surface area contributed by atoms with Crippen LogP contribution in [0.4, 0.5) is 35.1 Å². The molecule has 1 aliphatic carbocycles. The van der Waals surface area contributed by atoms with Crippen LogP contribution in [0.1, 0.15) is 36.0 Å². The average Bonchev–Trinajstić information content (AvgIpc) is 2.85. The molecule has 0 unspecified atom stereocenters. The van der Waals surface area contributed by atoms with Gasteiger partial charge in [0, 0.05) is 30.8 Å². The second-order valence-corrected chi connectivity index (χ2v) is 11.9. The van der Waals surface area contributed by atoms with E-state index >= 15 is 0 Å². The zero-order valence-electron chi connectivity index (χ0n) is 20.3. The summed E-state index contributed by atoms with van der Waals surface area (Å²) in [5, 5.41) is 0. The number of benzene rings is 2. The molecule has 0 N–H and O–H groups in total. The molecule has 0 bridgehead atoms. The van der Waals surface area contributed by atoms with E-state index in [1.165, 1.54) is 18.7 Å². The Morgan fingerprint density at radius 2 is 1.38 bits per heavy atom. The lowest BCUT2D eigenvalue weighted by Crippen LogP contribution is -2.50. The summed E-state index contributed by atoms with van der Waals surface area (Å²) in [5.41, 5.74) is -7.11. The van der Waals surface area contributed by atoms with Gasteiger partial charge in [-0.3, -0.25) is 4.79 Å². The molecule has 14 heteroatoms. The molecular formula is C26H20F8N2O3S. The van der Waals surface area contributed by atoms with E-state index in [0.29, 0.717) is 17.7 Å². The van der Waals surface area contributed by atoms with Crippen molar-refractivity contribution in [1.29, 1.82) is 0 Å². The zero-order valence-corrected chi connectivity index (χ0v) is 21.1. The first-order valence-corrected chi connectivity index (χ1v) is 13.2. The van der Waals surface area contributed by atoms with Gasteiger partial charge in [0.15, 0.2) is 9.84 Å². The molecule has 0 spiro atoms. The molecule has 5 nitrogen and oxygen atoms in total. The van der Waals surface area contributed by atoms with Gasteiger partial charge in [-0.05, 0) is 54.2 Å². The van der Waals surface area contributed by atoms with Gasteiger partial charge in [-0.15, -0.1) is 0 Å². The number of halogens is 8. The van der Waals surface area contributed by atoms with E-state index < -0.39 is 49.9 Å². The molecule has 1 fully saturated rings. The van der Waals surface area contributed by atoms with Gasteiger partial charge in [0.1, 0.15) is 22.7 Å². The molecule has 1 aliphatic rings. The number of hydrogen-bond donors (Lipinski definition) is 0. The van der Waals surface area contributed by atoms with E-state index in [1.807, 2.05) is 0 Å². The molecule has 2 aromatic carbocycles. The van der Waals surface area contributed by atoms with Crippen LogP contribution >= 0.6 is 0 Å². The molecule has 4 rings (SSSR count). The van der Waals surface area contributed by atoms with E-state index in [0.717, 1.165) is 24.3 Å². The van der Waals surface area contributed by atoms with Crippen molar-refractivity contribution in [1.82, 2.24) is 9.97 Å². The topological polar surface area (TPSA) is 77.0 Å². The van der Waals surface area contributed by atoms with E-state index in [4.69, 9.17) is 0 Å². The summed E-state index contributed by atoms with van der Waals surface area (Å²) in [6.07, 6.45) is -9.04. The van der Waals surface area contributed by atoms with Gasteiger partial charge in [-0.2, -0.15) is 26.3 Å². The Labute approximate surface area is 223 Å². The molecule has 1 aromatic heterocycles. The molecule has 1 saturated carbocycles. The number of carbonyl (C=O) groups excluding carboxylic acids is 1. The summed E-state index contributed by atoms with van der Waals surface area (Å²) in [5.74, 6) is -1.50. The van der Waals surface area contributed by atoms with E-state index in [2.05, 4.69) is 9.97 Å². The van der Waals surface area contributed by atoms with E-state index in [9.17, 15) is 48.3 Å². The molecular weight excluding hydrogens is 572 g/mol. The van der Waals surface area contributed by atoms with Crippen molar-refractivity contribution in [2.75, 3.05) is 0 Å². The maximum atomic E-state index is 14.5. The Hall–Kier alpha value is -3.42. The van der Waals surface area contributed by atoms with Gasteiger partial charge in [-0.25, -0.2) is 27.2 Å². The number of aromatic nitrogens is 2. The number of alkyl halides is 7. The Balaban J connectivity index is 1.68. The minimum atomic E-state index is -6.34. The van der Waals surface area contributed by atoms with Crippen LogP contribution < -0.4 is 0 Å². The summed E-state index contributed by atoms with van der Waals surface area (Å²) in [4.78, 5) is 19.8. The van der Waals surface area contributed by atoms with Crippen LogP contribution in [0, 0.1) is 11.7 Å². The number of Topliss-reactive ketones (excluding diaryl/α,β-unsaturated/α-hetero) is 1. The lowest BCUT2D eigenvalue weighted by molar-refractivity contribution is -0.348. The van der Waals surface area contributed by atoms with Crippen molar-refractivity contribution in [3.8, 4) is 0 Å². The van der Waals surface area contributed by atoms with Crippen LogP contribution in [-0.2, 0) is 31.5 Å². The lowest BCUT2D eigenvalue weighted by atomic mass is 9.68. The second kappa shape index (κ2) is 10.2. The minimum Gasteiger partial charge on any atom is -0.299 e. The molecule has 1 heterocycles. The largest absolute Gasteiger partial charge is 0.435 e. The lowest BCUT2D eigenvalue weighted by Gasteiger charge is -2.47. The highest BCUT2D eigenvalue weighted by molar-refractivity contribution is 7.92. The summed E-state index contributed by atoms with van der Waals surface area (Å²) in [7, 11) is -4.40. The van der Waals surface area contributed by atoms with Crippen molar-refractivity contribution in [3.63, 3.8) is 0 Å². The molecule has 0 amide bonds. The third-order valence-electron chi connectivity index (χ3n) is 7.00. The molecule has 0 atom stereocenters. The quantitative estimate of drug-likeness (QED) is 0.231. The summed E-state index contributed by atoms with van der Waals surface area (Å²) >= 11 is 0. The smallest absolute Gasteiger partial charge is 0.299 e. The fraction of sp³-hybridized carbons (Fsp3) is 0.346. The Morgan fingerprint density at radius 3 is 1.88 bits per heavy atom. The van der Waals surface area contributed by atoms with Gasteiger partial charge in [0.25, 0.3) is 0 Å². The highest BCUT2D eigenvalue weighted by Gasteiger charge is 2.73. The first kappa shape index (κ1) is 29.6. The van der Waals surface area contributed by atoms with Crippen molar-refractivity contribution < 1.29 is 48.3 Å². The summed E-state index contributed by atoms with van der Waals surface area (Å²) in [6, 6.07) is 5.66. The number of sulfone groups is 1. The Kier molecular flexibility index (Phi) is 7.54. The van der Waals surface area contributed by atoms with Crippen LogP contribution in [0.5, 0.6) is 0 Å². The van der Waals surface area contributed by atoms with Crippen LogP contribution in [0.3, 0.4) is 0 Å². The molecule has 0 aliphatic heterocycles.